The molecule has 0 saturated heterocycles. The number of nitro groups is 1. The molecule has 0 aliphatic carbocycles. The lowest BCUT2D eigenvalue weighted by atomic mass is 10.2. The van der Waals surface area contributed by atoms with Crippen LogP contribution in [0, 0.1) is 10.1 Å². The molecule has 21 heavy (non-hydrogen) atoms. The summed E-state index contributed by atoms with van der Waals surface area (Å²) < 4.78 is 15.2. The second kappa shape index (κ2) is 6.56. The lowest BCUT2D eigenvalue weighted by Crippen LogP contribution is -2.04. The van der Waals surface area contributed by atoms with Gasteiger partial charge < -0.3 is 13.9 Å². The highest BCUT2D eigenvalue weighted by atomic mass is 16.6. The van der Waals surface area contributed by atoms with Crippen LogP contribution in [0.2, 0.25) is 0 Å². The van der Waals surface area contributed by atoms with Crippen molar-refractivity contribution in [3.63, 3.8) is 0 Å². The highest BCUT2D eigenvalue weighted by Crippen LogP contribution is 2.19. The van der Waals surface area contributed by atoms with Gasteiger partial charge in [0.15, 0.2) is 0 Å². The van der Waals surface area contributed by atoms with Crippen molar-refractivity contribution in [2.24, 2.45) is 0 Å². The zero-order chi connectivity index (χ0) is 15.2. The Kier molecular flexibility index (Phi) is 4.55. The lowest BCUT2D eigenvalue weighted by molar-refractivity contribution is -0.402. The van der Waals surface area contributed by atoms with Gasteiger partial charge in [-0.1, -0.05) is 0 Å². The Morgan fingerprint density at radius 3 is 2.52 bits per heavy atom. The monoisotopic (exact) mass is 291 g/mol. The fourth-order valence-electron chi connectivity index (χ4n) is 1.60. The molecule has 0 saturated carbocycles. The molecule has 0 amide bonds. The molecule has 0 unspecified atom stereocenters. The number of benzene rings is 1. The molecule has 7 nitrogen and oxygen atoms in total. The maximum Gasteiger partial charge on any atom is 0.433 e. The summed E-state index contributed by atoms with van der Waals surface area (Å²) in [6, 6.07) is 9.14. The van der Waals surface area contributed by atoms with E-state index >= 15 is 0 Å². The summed E-state index contributed by atoms with van der Waals surface area (Å²) in [5, 5.41) is 10.5. The molecule has 0 aliphatic rings. The average molecular weight is 291 g/mol. The number of hydrogen-bond acceptors (Lipinski definition) is 6. The standard InChI is InChI=1S/C14H13NO6/c1-2-19-14(16)10-3-5-11(6-4-10)20-9-12-7-8-13(21-12)15(17)18/h3-8H,2,9H2,1H3. The minimum absolute atomic E-state index is 0.0621. The molecular formula is C14H13NO6. The van der Waals surface area contributed by atoms with E-state index in [2.05, 4.69) is 0 Å². The average Bonchev–Trinajstić information content (AvgIpc) is 2.95. The predicted molar refractivity (Wildman–Crippen MR) is 72.1 cm³/mol. The van der Waals surface area contributed by atoms with Crippen molar-refractivity contribution in [1.29, 1.82) is 0 Å². The van der Waals surface area contributed by atoms with E-state index < -0.39 is 10.9 Å². The SMILES string of the molecule is CCOC(=O)c1ccc(OCc2ccc([N+](=O)[O-])o2)cc1. The van der Waals surface area contributed by atoms with Crippen molar-refractivity contribution in [2.75, 3.05) is 6.61 Å². The number of esters is 1. The molecule has 110 valence electrons. The minimum Gasteiger partial charge on any atom is -0.486 e. The van der Waals surface area contributed by atoms with Crippen molar-refractivity contribution in [2.45, 2.75) is 13.5 Å². The summed E-state index contributed by atoms with van der Waals surface area (Å²) in [6.45, 7) is 2.11. The Hall–Kier alpha value is -2.83. The summed E-state index contributed by atoms with van der Waals surface area (Å²) in [5.74, 6) is 0.134. The van der Waals surface area contributed by atoms with Crippen LogP contribution in [-0.4, -0.2) is 17.5 Å². The van der Waals surface area contributed by atoms with Gasteiger partial charge in [0.05, 0.1) is 18.2 Å². The topological polar surface area (TPSA) is 91.8 Å². The molecule has 0 fully saturated rings. The van der Waals surface area contributed by atoms with E-state index in [4.69, 9.17) is 13.9 Å². The van der Waals surface area contributed by atoms with Crippen LogP contribution < -0.4 is 4.74 Å². The summed E-state index contributed by atoms with van der Waals surface area (Å²) in [5.41, 5.74) is 0.429. The smallest absolute Gasteiger partial charge is 0.433 e. The second-order valence-corrected chi connectivity index (χ2v) is 4.03. The van der Waals surface area contributed by atoms with Gasteiger partial charge in [-0.15, -0.1) is 0 Å². The molecule has 0 spiro atoms. The van der Waals surface area contributed by atoms with Crippen molar-refractivity contribution in [3.05, 3.63) is 57.8 Å². The van der Waals surface area contributed by atoms with E-state index in [9.17, 15) is 14.9 Å². The normalized spacial score (nSPS) is 10.1. The van der Waals surface area contributed by atoms with Crippen LogP contribution in [0.15, 0.2) is 40.8 Å². The first kappa shape index (κ1) is 14.6. The fraction of sp³-hybridized carbons (Fsp3) is 0.214. The molecule has 1 heterocycles. The van der Waals surface area contributed by atoms with E-state index in [1.54, 1.807) is 31.2 Å². The first-order valence-corrected chi connectivity index (χ1v) is 6.23. The second-order valence-electron chi connectivity index (χ2n) is 4.03. The maximum atomic E-state index is 11.5. The van der Waals surface area contributed by atoms with Gasteiger partial charge in [0.2, 0.25) is 0 Å². The van der Waals surface area contributed by atoms with Crippen LogP contribution in [-0.2, 0) is 11.3 Å². The molecule has 1 aromatic heterocycles. The Morgan fingerprint density at radius 1 is 1.24 bits per heavy atom. The number of hydrogen-bond donors (Lipinski definition) is 0. The summed E-state index contributed by atoms with van der Waals surface area (Å²) in [7, 11) is 0. The van der Waals surface area contributed by atoms with Crippen LogP contribution in [0.3, 0.4) is 0 Å². The quantitative estimate of drug-likeness (QED) is 0.461. The number of ether oxygens (including phenoxy) is 2. The van der Waals surface area contributed by atoms with Crippen LogP contribution >= 0.6 is 0 Å². The Bertz CT molecular complexity index is 631. The van der Waals surface area contributed by atoms with Crippen molar-refractivity contribution in [3.8, 4) is 5.75 Å². The van der Waals surface area contributed by atoms with Crippen molar-refractivity contribution >= 4 is 11.9 Å². The van der Waals surface area contributed by atoms with E-state index in [1.807, 2.05) is 0 Å². The zero-order valence-electron chi connectivity index (χ0n) is 11.3. The van der Waals surface area contributed by atoms with Gasteiger partial charge in [-0.05, 0) is 37.3 Å². The highest BCUT2D eigenvalue weighted by Gasteiger charge is 2.12. The number of furan rings is 1. The summed E-state index contributed by atoms with van der Waals surface area (Å²) >= 11 is 0. The molecule has 0 aliphatic heterocycles. The van der Waals surface area contributed by atoms with E-state index in [0.29, 0.717) is 23.7 Å². The van der Waals surface area contributed by atoms with Crippen LogP contribution in [0.5, 0.6) is 5.75 Å². The molecular weight excluding hydrogens is 278 g/mol. The maximum absolute atomic E-state index is 11.5. The van der Waals surface area contributed by atoms with Gasteiger partial charge in [-0.2, -0.15) is 0 Å². The third-order valence-corrected chi connectivity index (χ3v) is 2.57. The fourth-order valence-corrected chi connectivity index (χ4v) is 1.60. The number of rotatable bonds is 6. The Morgan fingerprint density at radius 2 is 1.95 bits per heavy atom. The van der Waals surface area contributed by atoms with Gasteiger partial charge in [-0.3, -0.25) is 10.1 Å². The molecule has 0 radical (unpaired) electrons. The molecule has 7 heteroatoms. The van der Waals surface area contributed by atoms with Gasteiger partial charge in [0, 0.05) is 0 Å². The third kappa shape index (κ3) is 3.82. The number of carbonyl (C=O) groups excluding carboxylic acids is 1. The summed E-state index contributed by atoms with van der Waals surface area (Å²) in [4.78, 5) is 21.3. The predicted octanol–water partition coefficient (Wildman–Crippen LogP) is 2.94. The van der Waals surface area contributed by atoms with Gasteiger partial charge >= 0.3 is 11.9 Å². The van der Waals surface area contributed by atoms with Crippen LogP contribution in [0.4, 0.5) is 5.88 Å². The lowest BCUT2D eigenvalue weighted by Gasteiger charge is -2.05. The molecule has 0 atom stereocenters. The van der Waals surface area contributed by atoms with Gasteiger partial charge in [0.25, 0.3) is 0 Å². The van der Waals surface area contributed by atoms with Gasteiger partial charge in [0.1, 0.15) is 23.0 Å². The van der Waals surface area contributed by atoms with E-state index in [0.717, 1.165) is 0 Å². The Balaban J connectivity index is 1.94. The number of nitrogens with zero attached hydrogens (tertiary/aromatic N) is 1. The molecule has 0 N–H and O–H groups in total. The third-order valence-electron chi connectivity index (χ3n) is 2.57. The molecule has 2 aromatic rings. The molecule has 0 bridgehead atoms. The van der Waals surface area contributed by atoms with Crippen LogP contribution in [0.25, 0.3) is 0 Å². The molecule has 1 aromatic carbocycles. The zero-order valence-corrected chi connectivity index (χ0v) is 11.3. The first-order valence-electron chi connectivity index (χ1n) is 6.23. The number of carbonyl (C=O) groups is 1. The van der Waals surface area contributed by atoms with Crippen molar-refractivity contribution in [1.82, 2.24) is 0 Å². The Labute approximate surface area is 120 Å². The largest absolute Gasteiger partial charge is 0.486 e. The van der Waals surface area contributed by atoms with Crippen molar-refractivity contribution < 1.29 is 23.6 Å². The van der Waals surface area contributed by atoms with Gasteiger partial charge in [-0.25, -0.2) is 4.79 Å². The first-order chi connectivity index (χ1) is 10.1. The summed E-state index contributed by atoms with van der Waals surface area (Å²) in [6.07, 6.45) is 0. The minimum atomic E-state index is -0.613. The highest BCUT2D eigenvalue weighted by molar-refractivity contribution is 5.89. The van der Waals surface area contributed by atoms with E-state index in [1.165, 1.54) is 12.1 Å². The van der Waals surface area contributed by atoms with Crippen LogP contribution in [0.1, 0.15) is 23.0 Å². The molecule has 2 rings (SSSR count). The van der Waals surface area contributed by atoms with E-state index in [-0.39, 0.29) is 12.5 Å².